The standard InChI is InChI=1S/C13H16N4O2.ClH/c1-8(2)11(14)13(18)16-10-5-3-9(4-6-10)12-15-7-19-17-12;/h3-8,11H,14H2,1-2H3,(H,16,18);1H/t11-;/m0./s1. The largest absolute Gasteiger partial charge is 0.342 e. The van der Waals surface area contributed by atoms with Crippen molar-refractivity contribution in [2.75, 3.05) is 5.32 Å². The van der Waals surface area contributed by atoms with Crippen LogP contribution < -0.4 is 11.1 Å². The zero-order valence-electron chi connectivity index (χ0n) is 11.2. The van der Waals surface area contributed by atoms with Crippen LogP contribution in [-0.4, -0.2) is 22.1 Å². The summed E-state index contributed by atoms with van der Waals surface area (Å²) in [6.07, 6.45) is 1.27. The molecule has 0 aliphatic heterocycles. The molecule has 1 heterocycles. The summed E-state index contributed by atoms with van der Waals surface area (Å²) in [4.78, 5) is 15.7. The number of anilines is 1. The summed E-state index contributed by atoms with van der Waals surface area (Å²) in [6.45, 7) is 3.81. The third kappa shape index (κ3) is 3.79. The first-order valence-corrected chi connectivity index (χ1v) is 6.01. The van der Waals surface area contributed by atoms with Crippen molar-refractivity contribution in [2.24, 2.45) is 11.7 Å². The Hall–Kier alpha value is -1.92. The van der Waals surface area contributed by atoms with E-state index in [9.17, 15) is 4.79 Å². The highest BCUT2D eigenvalue weighted by atomic mass is 35.5. The van der Waals surface area contributed by atoms with Gasteiger partial charge in [0.1, 0.15) is 0 Å². The second kappa shape index (κ2) is 7.02. The first-order chi connectivity index (χ1) is 9.08. The van der Waals surface area contributed by atoms with Gasteiger partial charge in [0.2, 0.25) is 18.1 Å². The van der Waals surface area contributed by atoms with E-state index in [2.05, 4.69) is 20.0 Å². The number of nitrogens with zero attached hydrogens (tertiary/aromatic N) is 2. The molecule has 7 heteroatoms. The van der Waals surface area contributed by atoms with Gasteiger partial charge in [-0.1, -0.05) is 19.0 Å². The monoisotopic (exact) mass is 296 g/mol. The molecule has 0 bridgehead atoms. The maximum atomic E-state index is 11.8. The van der Waals surface area contributed by atoms with Crippen LogP contribution in [0, 0.1) is 5.92 Å². The van der Waals surface area contributed by atoms with E-state index in [4.69, 9.17) is 5.73 Å². The van der Waals surface area contributed by atoms with Crippen molar-refractivity contribution in [2.45, 2.75) is 19.9 Å². The number of hydrogen-bond acceptors (Lipinski definition) is 5. The van der Waals surface area contributed by atoms with E-state index in [1.165, 1.54) is 6.39 Å². The van der Waals surface area contributed by atoms with Crippen LogP contribution >= 0.6 is 12.4 Å². The highest BCUT2D eigenvalue weighted by Gasteiger charge is 2.17. The minimum absolute atomic E-state index is 0. The minimum atomic E-state index is -0.517. The van der Waals surface area contributed by atoms with Crippen molar-refractivity contribution in [3.63, 3.8) is 0 Å². The van der Waals surface area contributed by atoms with Crippen LogP contribution in [0.5, 0.6) is 0 Å². The molecular formula is C13H17ClN4O2. The van der Waals surface area contributed by atoms with Crippen molar-refractivity contribution in [1.29, 1.82) is 0 Å². The molecule has 2 rings (SSSR count). The van der Waals surface area contributed by atoms with Crippen LogP contribution in [0.1, 0.15) is 13.8 Å². The predicted octanol–water partition coefficient (Wildman–Crippen LogP) is 2.08. The molecule has 3 N–H and O–H groups in total. The van der Waals surface area contributed by atoms with Gasteiger partial charge in [0.25, 0.3) is 0 Å². The van der Waals surface area contributed by atoms with Gasteiger partial charge in [0, 0.05) is 11.3 Å². The Morgan fingerprint density at radius 1 is 1.30 bits per heavy atom. The third-order valence-corrected chi connectivity index (χ3v) is 2.79. The molecular weight excluding hydrogens is 280 g/mol. The summed E-state index contributed by atoms with van der Waals surface area (Å²) in [5.41, 5.74) is 7.28. The van der Waals surface area contributed by atoms with Gasteiger partial charge >= 0.3 is 0 Å². The SMILES string of the molecule is CC(C)[C@H](N)C(=O)Nc1ccc(-c2ncon2)cc1.Cl. The Bertz CT molecular complexity index is 540. The first kappa shape index (κ1) is 16.1. The first-order valence-electron chi connectivity index (χ1n) is 6.01. The number of nitrogens with two attached hydrogens (primary N) is 1. The van der Waals surface area contributed by atoms with Crippen LogP contribution in [0.2, 0.25) is 0 Å². The molecule has 6 nitrogen and oxygen atoms in total. The second-order valence-corrected chi connectivity index (χ2v) is 4.59. The number of amides is 1. The van der Waals surface area contributed by atoms with Gasteiger partial charge in [-0.05, 0) is 30.2 Å². The number of halogens is 1. The Labute approximate surface area is 123 Å². The third-order valence-electron chi connectivity index (χ3n) is 2.79. The van der Waals surface area contributed by atoms with Crippen molar-refractivity contribution >= 4 is 24.0 Å². The Kier molecular flexibility index (Phi) is 5.66. The van der Waals surface area contributed by atoms with Crippen molar-refractivity contribution < 1.29 is 9.32 Å². The fourth-order valence-electron chi connectivity index (χ4n) is 1.53. The summed E-state index contributed by atoms with van der Waals surface area (Å²) in [6, 6.07) is 6.65. The highest BCUT2D eigenvalue weighted by Crippen LogP contribution is 2.17. The number of nitrogens with one attached hydrogen (secondary N) is 1. The normalized spacial score (nSPS) is 11.8. The van der Waals surface area contributed by atoms with Gasteiger partial charge in [-0.2, -0.15) is 4.98 Å². The van der Waals surface area contributed by atoms with Gasteiger partial charge < -0.3 is 15.6 Å². The maximum absolute atomic E-state index is 11.8. The van der Waals surface area contributed by atoms with E-state index in [0.29, 0.717) is 11.5 Å². The van der Waals surface area contributed by atoms with E-state index in [1.54, 1.807) is 24.3 Å². The zero-order chi connectivity index (χ0) is 13.8. The summed E-state index contributed by atoms with van der Waals surface area (Å²) >= 11 is 0. The van der Waals surface area contributed by atoms with E-state index < -0.39 is 6.04 Å². The number of carbonyl (C=O) groups is 1. The average molecular weight is 297 g/mol. The molecule has 0 saturated carbocycles. The van der Waals surface area contributed by atoms with Gasteiger partial charge in [-0.15, -0.1) is 12.4 Å². The lowest BCUT2D eigenvalue weighted by molar-refractivity contribution is -0.118. The summed E-state index contributed by atoms with van der Waals surface area (Å²) in [7, 11) is 0. The summed E-state index contributed by atoms with van der Waals surface area (Å²) in [5, 5.41) is 6.50. The molecule has 0 fully saturated rings. The van der Waals surface area contributed by atoms with Crippen LogP contribution in [0.15, 0.2) is 35.2 Å². The minimum Gasteiger partial charge on any atom is -0.342 e. The quantitative estimate of drug-likeness (QED) is 0.901. The molecule has 1 aromatic heterocycles. The van der Waals surface area contributed by atoms with E-state index in [1.807, 2.05) is 13.8 Å². The van der Waals surface area contributed by atoms with Crippen LogP contribution in [0.3, 0.4) is 0 Å². The fourth-order valence-corrected chi connectivity index (χ4v) is 1.53. The number of benzene rings is 1. The van der Waals surface area contributed by atoms with Crippen LogP contribution in [-0.2, 0) is 4.79 Å². The smallest absolute Gasteiger partial charge is 0.241 e. The molecule has 108 valence electrons. The fraction of sp³-hybridized carbons (Fsp3) is 0.308. The molecule has 0 unspecified atom stereocenters. The van der Waals surface area contributed by atoms with Crippen molar-refractivity contribution in [3.05, 3.63) is 30.7 Å². The lowest BCUT2D eigenvalue weighted by Crippen LogP contribution is -2.39. The molecule has 1 amide bonds. The number of hydrogen-bond donors (Lipinski definition) is 2. The Balaban J connectivity index is 0.00000200. The van der Waals surface area contributed by atoms with Crippen molar-refractivity contribution in [1.82, 2.24) is 10.1 Å². The summed E-state index contributed by atoms with van der Waals surface area (Å²) < 4.78 is 4.67. The molecule has 0 aliphatic rings. The van der Waals surface area contributed by atoms with Gasteiger partial charge in [0.15, 0.2) is 0 Å². The summed E-state index contributed by atoms with van der Waals surface area (Å²) in [5.74, 6) is 0.415. The second-order valence-electron chi connectivity index (χ2n) is 4.59. The molecule has 0 saturated heterocycles. The number of carbonyl (C=O) groups excluding carboxylic acids is 1. The van der Waals surface area contributed by atoms with E-state index >= 15 is 0 Å². The Morgan fingerprint density at radius 2 is 1.95 bits per heavy atom. The van der Waals surface area contributed by atoms with Crippen LogP contribution in [0.25, 0.3) is 11.4 Å². The Morgan fingerprint density at radius 3 is 2.45 bits per heavy atom. The predicted molar refractivity (Wildman–Crippen MR) is 78.4 cm³/mol. The lowest BCUT2D eigenvalue weighted by atomic mass is 10.0. The number of rotatable bonds is 4. The maximum Gasteiger partial charge on any atom is 0.241 e. The van der Waals surface area contributed by atoms with E-state index in [0.717, 1.165) is 5.56 Å². The molecule has 0 aliphatic carbocycles. The van der Waals surface area contributed by atoms with Crippen LogP contribution in [0.4, 0.5) is 5.69 Å². The van der Waals surface area contributed by atoms with Crippen molar-refractivity contribution in [3.8, 4) is 11.4 Å². The van der Waals surface area contributed by atoms with Gasteiger partial charge in [-0.3, -0.25) is 4.79 Å². The lowest BCUT2D eigenvalue weighted by Gasteiger charge is -2.15. The molecule has 0 spiro atoms. The van der Waals surface area contributed by atoms with E-state index in [-0.39, 0.29) is 24.2 Å². The zero-order valence-corrected chi connectivity index (χ0v) is 12.1. The molecule has 1 aromatic carbocycles. The number of aromatic nitrogens is 2. The topological polar surface area (TPSA) is 94.0 Å². The van der Waals surface area contributed by atoms with Gasteiger partial charge in [0.05, 0.1) is 6.04 Å². The average Bonchev–Trinajstić information content (AvgIpc) is 2.92. The molecule has 0 radical (unpaired) electrons. The highest BCUT2D eigenvalue weighted by molar-refractivity contribution is 5.95. The molecule has 20 heavy (non-hydrogen) atoms. The molecule has 1 atom stereocenters. The van der Waals surface area contributed by atoms with Gasteiger partial charge in [-0.25, -0.2) is 0 Å². The molecule has 2 aromatic rings.